The van der Waals surface area contributed by atoms with E-state index in [9.17, 15) is 19.5 Å². The summed E-state index contributed by atoms with van der Waals surface area (Å²) in [5, 5.41) is 10.3. The number of hydrogen-bond donors (Lipinski definition) is 1. The summed E-state index contributed by atoms with van der Waals surface area (Å²) in [5.74, 6) is -2.93. The number of esters is 1. The first-order valence-electron chi connectivity index (χ1n) is 13.5. The second-order valence-corrected chi connectivity index (χ2v) is 11.0. The Morgan fingerprint density at radius 2 is 1.81 bits per heavy atom. The zero-order valence-corrected chi connectivity index (χ0v) is 22.0. The fraction of sp³-hybridized carbons (Fsp3) is 0.741. The van der Waals surface area contributed by atoms with Crippen LogP contribution in [0.3, 0.4) is 0 Å². The number of morpholine rings is 1. The SMILES string of the molecule is CC[C@@]12C=CCOC(=O)[C@@H]1[C@H]1C(=O)N([C@@H](CO)C(C)C)C3C(=O)N(CCN4CCOCC4)CC=C[C@@]31O2. The van der Waals surface area contributed by atoms with E-state index in [4.69, 9.17) is 14.2 Å². The molecule has 1 spiro atoms. The predicted octanol–water partition coefficient (Wildman–Crippen LogP) is 0.208. The van der Waals surface area contributed by atoms with Crippen molar-refractivity contribution in [3.8, 4) is 0 Å². The van der Waals surface area contributed by atoms with Gasteiger partial charge in [0.2, 0.25) is 11.8 Å². The molecular weight excluding hydrogens is 478 g/mol. The van der Waals surface area contributed by atoms with Crippen molar-refractivity contribution in [3.05, 3.63) is 24.3 Å². The molecule has 0 aromatic heterocycles. The molecule has 1 N–H and O–H groups in total. The number of carbonyl (C=O) groups is 3. The molecule has 3 saturated heterocycles. The van der Waals surface area contributed by atoms with Crippen LogP contribution in [-0.4, -0.2) is 120 Å². The molecule has 0 aromatic rings. The molecule has 3 fully saturated rings. The summed E-state index contributed by atoms with van der Waals surface area (Å²) in [7, 11) is 0. The first-order chi connectivity index (χ1) is 17.8. The van der Waals surface area contributed by atoms with Crippen LogP contribution >= 0.6 is 0 Å². The van der Waals surface area contributed by atoms with E-state index < -0.39 is 41.1 Å². The molecule has 0 bridgehead atoms. The number of fused-ring (bicyclic) bond motifs is 2. The molecule has 10 nitrogen and oxygen atoms in total. The van der Waals surface area contributed by atoms with Crippen molar-refractivity contribution in [2.24, 2.45) is 17.8 Å². The lowest BCUT2D eigenvalue weighted by Gasteiger charge is -2.41. The van der Waals surface area contributed by atoms with Gasteiger partial charge in [-0.05, 0) is 18.4 Å². The van der Waals surface area contributed by atoms with Crippen LogP contribution in [0.1, 0.15) is 27.2 Å². The third-order valence-corrected chi connectivity index (χ3v) is 8.82. The highest BCUT2D eigenvalue weighted by Gasteiger charge is 2.76. The van der Waals surface area contributed by atoms with Gasteiger partial charge in [-0.3, -0.25) is 19.3 Å². The smallest absolute Gasteiger partial charge is 0.313 e. The van der Waals surface area contributed by atoms with Crippen LogP contribution in [0.25, 0.3) is 0 Å². The van der Waals surface area contributed by atoms with Gasteiger partial charge in [0.05, 0.1) is 31.8 Å². The molecule has 0 radical (unpaired) electrons. The Balaban J connectivity index is 1.56. The van der Waals surface area contributed by atoms with E-state index in [2.05, 4.69) is 4.90 Å². The molecule has 204 valence electrons. The third-order valence-electron chi connectivity index (χ3n) is 8.82. The van der Waals surface area contributed by atoms with Crippen molar-refractivity contribution in [2.75, 3.05) is 59.2 Å². The van der Waals surface area contributed by atoms with Crippen LogP contribution in [0, 0.1) is 17.8 Å². The monoisotopic (exact) mass is 517 g/mol. The highest BCUT2D eigenvalue weighted by Crippen LogP contribution is 2.58. The van der Waals surface area contributed by atoms with Gasteiger partial charge < -0.3 is 29.1 Å². The van der Waals surface area contributed by atoms with Crippen LogP contribution in [-0.2, 0) is 28.6 Å². The number of likely N-dealkylation sites (tertiary alicyclic amines) is 1. The summed E-state index contributed by atoms with van der Waals surface area (Å²) < 4.78 is 17.8. The van der Waals surface area contributed by atoms with Gasteiger partial charge >= 0.3 is 5.97 Å². The van der Waals surface area contributed by atoms with Crippen LogP contribution < -0.4 is 0 Å². The Kier molecular flexibility index (Phi) is 7.21. The van der Waals surface area contributed by atoms with Crippen molar-refractivity contribution >= 4 is 17.8 Å². The minimum Gasteiger partial charge on any atom is -0.461 e. The summed E-state index contributed by atoms with van der Waals surface area (Å²) in [5.41, 5.74) is -2.37. The Morgan fingerprint density at radius 3 is 2.49 bits per heavy atom. The Hall–Kier alpha value is -2.27. The van der Waals surface area contributed by atoms with Gasteiger partial charge in [-0.15, -0.1) is 0 Å². The van der Waals surface area contributed by atoms with Crippen LogP contribution in [0.4, 0.5) is 0 Å². The first kappa shape index (κ1) is 26.3. The van der Waals surface area contributed by atoms with Crippen LogP contribution in [0.2, 0.25) is 0 Å². The summed E-state index contributed by atoms with van der Waals surface area (Å²) >= 11 is 0. The summed E-state index contributed by atoms with van der Waals surface area (Å²) in [6.45, 7) is 10.2. The van der Waals surface area contributed by atoms with Gasteiger partial charge in [-0.2, -0.15) is 0 Å². The molecule has 5 aliphatic heterocycles. The van der Waals surface area contributed by atoms with Gasteiger partial charge in [0.25, 0.3) is 0 Å². The molecule has 5 rings (SSSR count). The highest BCUT2D eigenvalue weighted by atomic mass is 16.6. The van der Waals surface area contributed by atoms with E-state index in [1.807, 2.05) is 39.0 Å². The van der Waals surface area contributed by atoms with Crippen molar-refractivity contribution in [2.45, 2.75) is 50.5 Å². The Labute approximate surface area is 218 Å². The van der Waals surface area contributed by atoms with Gasteiger partial charge in [-0.25, -0.2) is 0 Å². The highest BCUT2D eigenvalue weighted by molar-refractivity contribution is 5.99. The van der Waals surface area contributed by atoms with Crippen molar-refractivity contribution in [1.29, 1.82) is 0 Å². The molecule has 2 amide bonds. The standard InChI is InChI=1S/C27H39N3O7/c1-4-26-7-6-14-36-25(34)21(26)20-23(32)30(19(17-31)18(2)3)22-24(33)29(9-5-8-27(20,22)37-26)11-10-28-12-15-35-16-13-28/h5-8,18-22,31H,4,9-17H2,1-3H3/t19-,20-,21-,22?,26+,27-/m0/s1. The third kappa shape index (κ3) is 4.13. The molecule has 37 heavy (non-hydrogen) atoms. The average molecular weight is 518 g/mol. The molecule has 0 aromatic carbocycles. The quantitative estimate of drug-likeness (QED) is 0.377. The molecule has 5 heterocycles. The first-order valence-corrected chi connectivity index (χ1v) is 13.5. The van der Waals surface area contributed by atoms with E-state index in [0.717, 1.165) is 13.1 Å². The van der Waals surface area contributed by atoms with Crippen LogP contribution in [0.15, 0.2) is 24.3 Å². The molecule has 0 aliphatic carbocycles. The number of aliphatic hydroxyl groups is 1. The van der Waals surface area contributed by atoms with Gasteiger partial charge in [-0.1, -0.05) is 39.0 Å². The van der Waals surface area contributed by atoms with Crippen molar-refractivity contribution in [3.63, 3.8) is 0 Å². The number of amides is 2. The normalized spacial score (nSPS) is 36.8. The van der Waals surface area contributed by atoms with E-state index >= 15 is 0 Å². The second-order valence-electron chi connectivity index (χ2n) is 11.0. The lowest BCUT2D eigenvalue weighted by atomic mass is 9.73. The zero-order valence-electron chi connectivity index (χ0n) is 22.0. The summed E-state index contributed by atoms with van der Waals surface area (Å²) in [4.78, 5) is 47.5. The van der Waals surface area contributed by atoms with Gasteiger partial charge in [0.1, 0.15) is 29.8 Å². The van der Waals surface area contributed by atoms with E-state index in [-0.39, 0.29) is 30.9 Å². The van der Waals surface area contributed by atoms with Crippen molar-refractivity contribution in [1.82, 2.24) is 14.7 Å². The van der Waals surface area contributed by atoms with E-state index in [1.165, 1.54) is 4.90 Å². The lowest BCUT2D eigenvalue weighted by molar-refractivity contribution is -0.162. The zero-order chi connectivity index (χ0) is 26.4. The van der Waals surface area contributed by atoms with Gasteiger partial charge in [0, 0.05) is 32.7 Å². The maximum Gasteiger partial charge on any atom is 0.313 e. The van der Waals surface area contributed by atoms with E-state index in [0.29, 0.717) is 39.3 Å². The van der Waals surface area contributed by atoms with Crippen molar-refractivity contribution < 1.29 is 33.7 Å². The van der Waals surface area contributed by atoms with E-state index in [1.54, 1.807) is 11.0 Å². The largest absolute Gasteiger partial charge is 0.461 e. The molecule has 0 saturated carbocycles. The number of cyclic esters (lactones) is 1. The minimum absolute atomic E-state index is 0.108. The predicted molar refractivity (Wildman–Crippen MR) is 133 cm³/mol. The number of nitrogens with zero attached hydrogens (tertiary/aromatic N) is 3. The number of rotatable bonds is 7. The Morgan fingerprint density at radius 1 is 1.05 bits per heavy atom. The number of hydrogen-bond acceptors (Lipinski definition) is 8. The average Bonchev–Trinajstić information content (AvgIpc) is 3.17. The molecular formula is C27H39N3O7. The Bertz CT molecular complexity index is 977. The molecule has 5 aliphatic rings. The number of aliphatic hydroxyl groups excluding tert-OH is 1. The number of carbonyl (C=O) groups excluding carboxylic acids is 3. The number of ether oxygens (including phenoxy) is 3. The van der Waals surface area contributed by atoms with Crippen LogP contribution in [0.5, 0.6) is 0 Å². The summed E-state index contributed by atoms with van der Waals surface area (Å²) in [6.07, 6.45) is 7.80. The molecule has 1 unspecified atom stereocenters. The lowest BCUT2D eigenvalue weighted by Crippen LogP contribution is -2.60. The maximum absolute atomic E-state index is 14.3. The second kappa shape index (κ2) is 10.1. The fourth-order valence-corrected chi connectivity index (χ4v) is 6.85. The summed E-state index contributed by atoms with van der Waals surface area (Å²) in [6, 6.07) is -1.57. The molecule has 6 atom stereocenters. The maximum atomic E-state index is 14.3. The fourth-order valence-electron chi connectivity index (χ4n) is 6.85. The van der Waals surface area contributed by atoms with Gasteiger partial charge in [0.15, 0.2) is 0 Å². The topological polar surface area (TPSA) is 109 Å². The molecule has 10 heteroatoms. The minimum atomic E-state index is -1.33.